The first-order valence-electron chi connectivity index (χ1n) is 5.87. The lowest BCUT2D eigenvalue weighted by molar-refractivity contribution is 0.0720. The van der Waals surface area contributed by atoms with E-state index in [1.807, 2.05) is 0 Å². The zero-order valence-corrected chi connectivity index (χ0v) is 11.8. The first-order chi connectivity index (χ1) is 7.45. The molecule has 0 saturated carbocycles. The van der Waals surface area contributed by atoms with Gasteiger partial charge in [0.2, 0.25) is 0 Å². The molecule has 1 atom stereocenters. The van der Waals surface area contributed by atoms with Gasteiger partial charge < -0.3 is 14.8 Å². The maximum absolute atomic E-state index is 6.20. The summed E-state index contributed by atoms with van der Waals surface area (Å²) in [4.78, 5) is 0. The van der Waals surface area contributed by atoms with E-state index < -0.39 is 0 Å². The van der Waals surface area contributed by atoms with Gasteiger partial charge in [0.15, 0.2) is 0 Å². The number of methoxy groups -OCH3 is 1. The molecule has 0 amide bonds. The Balaban J connectivity index is 3.25. The highest BCUT2D eigenvalue weighted by atomic mass is 35.5. The van der Waals surface area contributed by atoms with Crippen LogP contribution in [0.1, 0.15) is 27.2 Å². The molecule has 0 heterocycles. The van der Waals surface area contributed by atoms with Gasteiger partial charge in [-0.25, -0.2) is 0 Å². The van der Waals surface area contributed by atoms with Crippen LogP contribution in [0.25, 0.3) is 0 Å². The van der Waals surface area contributed by atoms with Gasteiger partial charge in [-0.05, 0) is 11.8 Å². The van der Waals surface area contributed by atoms with Crippen LogP contribution in [0, 0.1) is 5.41 Å². The second-order valence-corrected chi connectivity index (χ2v) is 5.79. The minimum Gasteiger partial charge on any atom is -0.382 e. The van der Waals surface area contributed by atoms with E-state index in [1.54, 1.807) is 7.11 Å². The van der Waals surface area contributed by atoms with Gasteiger partial charge in [-0.1, -0.05) is 20.8 Å². The van der Waals surface area contributed by atoms with Crippen molar-refractivity contribution in [3.8, 4) is 0 Å². The summed E-state index contributed by atoms with van der Waals surface area (Å²) in [6, 6.07) is 0. The van der Waals surface area contributed by atoms with Gasteiger partial charge in [0.25, 0.3) is 0 Å². The number of hydrogen-bond acceptors (Lipinski definition) is 3. The topological polar surface area (TPSA) is 30.5 Å². The van der Waals surface area contributed by atoms with Crippen molar-refractivity contribution in [1.82, 2.24) is 5.32 Å². The summed E-state index contributed by atoms with van der Waals surface area (Å²) in [7, 11) is 1.67. The molecule has 4 heteroatoms. The van der Waals surface area contributed by atoms with E-state index >= 15 is 0 Å². The van der Waals surface area contributed by atoms with Crippen LogP contribution in [0.15, 0.2) is 0 Å². The fraction of sp³-hybridized carbons (Fsp3) is 1.00. The Hall–Kier alpha value is 0.170. The van der Waals surface area contributed by atoms with Gasteiger partial charge in [0.05, 0.1) is 19.8 Å². The van der Waals surface area contributed by atoms with E-state index in [2.05, 4.69) is 26.1 Å². The molecule has 98 valence electrons. The van der Waals surface area contributed by atoms with Crippen LogP contribution in [0.5, 0.6) is 0 Å². The zero-order chi connectivity index (χ0) is 12.4. The van der Waals surface area contributed by atoms with E-state index in [9.17, 15) is 0 Å². The molecule has 0 fully saturated rings. The lowest BCUT2D eigenvalue weighted by Gasteiger charge is -2.22. The van der Waals surface area contributed by atoms with Crippen molar-refractivity contribution in [2.75, 3.05) is 40.0 Å². The predicted octanol–water partition coefficient (Wildman–Crippen LogP) is 2.28. The Morgan fingerprint density at radius 3 is 2.44 bits per heavy atom. The summed E-state index contributed by atoms with van der Waals surface area (Å²) in [6.45, 7) is 10.3. The molecule has 16 heavy (non-hydrogen) atoms. The summed E-state index contributed by atoms with van der Waals surface area (Å²) in [5, 5.41) is 3.48. The second-order valence-electron chi connectivity index (χ2n) is 5.17. The Labute approximate surface area is 105 Å². The van der Waals surface area contributed by atoms with Crippen LogP contribution in [0.2, 0.25) is 0 Å². The van der Waals surface area contributed by atoms with E-state index in [-0.39, 0.29) is 5.38 Å². The Kier molecular flexibility index (Phi) is 9.32. The van der Waals surface area contributed by atoms with Crippen LogP contribution >= 0.6 is 11.6 Å². The van der Waals surface area contributed by atoms with Crippen molar-refractivity contribution in [2.45, 2.75) is 32.6 Å². The third-order valence-electron chi connectivity index (χ3n) is 2.05. The monoisotopic (exact) mass is 251 g/mol. The number of hydrogen-bond donors (Lipinski definition) is 1. The van der Waals surface area contributed by atoms with E-state index in [0.717, 1.165) is 19.5 Å². The maximum Gasteiger partial charge on any atom is 0.0700 e. The quantitative estimate of drug-likeness (QED) is 0.504. The summed E-state index contributed by atoms with van der Waals surface area (Å²) >= 11 is 6.20. The number of nitrogens with one attached hydrogen (secondary N) is 1. The molecule has 0 bridgehead atoms. The number of halogens is 1. The minimum atomic E-state index is 0.193. The third-order valence-corrected chi connectivity index (χ3v) is 2.36. The SMILES string of the molecule is COCCOCCNCC(Cl)CC(C)(C)C. The molecule has 0 aliphatic carbocycles. The minimum absolute atomic E-state index is 0.193. The lowest BCUT2D eigenvalue weighted by Crippen LogP contribution is -2.29. The van der Waals surface area contributed by atoms with Gasteiger partial charge in [0, 0.05) is 25.6 Å². The van der Waals surface area contributed by atoms with E-state index in [0.29, 0.717) is 25.2 Å². The van der Waals surface area contributed by atoms with E-state index in [4.69, 9.17) is 21.1 Å². The van der Waals surface area contributed by atoms with Gasteiger partial charge in [-0.3, -0.25) is 0 Å². The fourth-order valence-corrected chi connectivity index (χ4v) is 1.96. The molecular formula is C12H26ClNO2. The summed E-state index contributed by atoms with van der Waals surface area (Å²) in [6.07, 6.45) is 1.02. The normalized spacial score (nSPS) is 14.1. The van der Waals surface area contributed by atoms with Crippen LogP contribution < -0.4 is 5.32 Å². The molecule has 1 unspecified atom stereocenters. The average Bonchev–Trinajstić information content (AvgIpc) is 2.13. The highest BCUT2D eigenvalue weighted by molar-refractivity contribution is 6.20. The molecule has 0 aliphatic rings. The first kappa shape index (κ1) is 16.2. The fourth-order valence-electron chi connectivity index (χ4n) is 1.38. The average molecular weight is 252 g/mol. The van der Waals surface area contributed by atoms with Crippen molar-refractivity contribution in [3.05, 3.63) is 0 Å². The highest BCUT2D eigenvalue weighted by Gasteiger charge is 2.16. The first-order valence-corrected chi connectivity index (χ1v) is 6.31. The number of ether oxygens (including phenoxy) is 2. The molecule has 1 N–H and O–H groups in total. The molecule has 0 spiro atoms. The van der Waals surface area contributed by atoms with Crippen molar-refractivity contribution < 1.29 is 9.47 Å². The van der Waals surface area contributed by atoms with Crippen LogP contribution in [0.3, 0.4) is 0 Å². The largest absolute Gasteiger partial charge is 0.382 e. The third kappa shape index (κ3) is 12.2. The molecule has 0 aromatic carbocycles. The van der Waals surface area contributed by atoms with Gasteiger partial charge >= 0.3 is 0 Å². The summed E-state index contributed by atoms with van der Waals surface area (Å²) < 4.78 is 10.2. The van der Waals surface area contributed by atoms with E-state index in [1.165, 1.54) is 0 Å². The molecule has 0 rings (SSSR count). The molecule has 0 radical (unpaired) electrons. The molecule has 0 saturated heterocycles. The van der Waals surface area contributed by atoms with Crippen LogP contribution in [-0.4, -0.2) is 45.4 Å². The van der Waals surface area contributed by atoms with Gasteiger partial charge in [0.1, 0.15) is 0 Å². The molecule has 0 aromatic heterocycles. The number of alkyl halides is 1. The zero-order valence-electron chi connectivity index (χ0n) is 11.0. The van der Waals surface area contributed by atoms with Crippen molar-refractivity contribution in [2.24, 2.45) is 5.41 Å². The van der Waals surface area contributed by atoms with Crippen molar-refractivity contribution >= 4 is 11.6 Å². The summed E-state index contributed by atoms with van der Waals surface area (Å²) in [5.74, 6) is 0. The van der Waals surface area contributed by atoms with Crippen molar-refractivity contribution in [3.63, 3.8) is 0 Å². The standard InChI is InChI=1S/C12H26ClNO2/c1-12(2,3)9-11(13)10-14-5-6-16-8-7-15-4/h11,14H,5-10H2,1-4H3. The maximum atomic E-state index is 6.20. The Morgan fingerprint density at radius 1 is 1.19 bits per heavy atom. The summed E-state index contributed by atoms with van der Waals surface area (Å²) in [5.41, 5.74) is 0.295. The molecule has 0 aliphatic heterocycles. The second kappa shape index (κ2) is 9.23. The van der Waals surface area contributed by atoms with Crippen LogP contribution in [0.4, 0.5) is 0 Å². The van der Waals surface area contributed by atoms with Crippen LogP contribution in [-0.2, 0) is 9.47 Å². The molecular weight excluding hydrogens is 226 g/mol. The lowest BCUT2D eigenvalue weighted by atomic mass is 9.90. The number of rotatable bonds is 9. The van der Waals surface area contributed by atoms with Gasteiger partial charge in [-0.15, -0.1) is 11.6 Å². The van der Waals surface area contributed by atoms with Crippen molar-refractivity contribution in [1.29, 1.82) is 0 Å². The smallest absolute Gasteiger partial charge is 0.0700 e. The molecule has 3 nitrogen and oxygen atoms in total. The predicted molar refractivity (Wildman–Crippen MR) is 69.3 cm³/mol. The Bertz CT molecular complexity index is 160. The van der Waals surface area contributed by atoms with Gasteiger partial charge in [-0.2, -0.15) is 0 Å². The molecule has 0 aromatic rings. The Morgan fingerprint density at radius 2 is 1.88 bits per heavy atom. The highest BCUT2D eigenvalue weighted by Crippen LogP contribution is 2.22.